The van der Waals surface area contributed by atoms with Crippen molar-refractivity contribution >= 4 is 5.97 Å². The first-order valence-electron chi connectivity index (χ1n) is 8.21. The van der Waals surface area contributed by atoms with Gasteiger partial charge in [-0.2, -0.15) is 0 Å². The Bertz CT molecular complexity index is 508. The van der Waals surface area contributed by atoms with Crippen molar-refractivity contribution < 1.29 is 9.53 Å². The fourth-order valence-corrected chi connectivity index (χ4v) is 2.66. The van der Waals surface area contributed by atoms with Gasteiger partial charge in [-0.1, -0.05) is 56.3 Å². The summed E-state index contributed by atoms with van der Waals surface area (Å²) in [6, 6.07) is 9.68. The summed E-state index contributed by atoms with van der Waals surface area (Å²) in [5.41, 5.74) is 5.92. The topological polar surface area (TPSA) is 52.3 Å². The van der Waals surface area contributed by atoms with Crippen LogP contribution in [0.4, 0.5) is 0 Å². The SMILES string of the molecule is C=CCC(CC=C)(C(=O)OCC(N)(CC)CC)c1ccccc1. The third-order valence-electron chi connectivity index (χ3n) is 4.60. The lowest BCUT2D eigenvalue weighted by molar-refractivity contribution is -0.152. The van der Waals surface area contributed by atoms with Crippen LogP contribution >= 0.6 is 0 Å². The monoisotopic (exact) mass is 315 g/mol. The minimum Gasteiger partial charge on any atom is -0.463 e. The Hall–Kier alpha value is -1.87. The third kappa shape index (κ3) is 4.55. The van der Waals surface area contributed by atoms with Crippen molar-refractivity contribution in [2.24, 2.45) is 5.73 Å². The number of hydrogen-bond acceptors (Lipinski definition) is 3. The van der Waals surface area contributed by atoms with E-state index < -0.39 is 11.0 Å². The number of esters is 1. The fourth-order valence-electron chi connectivity index (χ4n) is 2.66. The predicted octanol–water partition coefficient (Wildman–Crippen LogP) is 4.14. The maximum absolute atomic E-state index is 13.0. The Kier molecular flexibility index (Phi) is 7.24. The normalized spacial score (nSPS) is 11.8. The summed E-state index contributed by atoms with van der Waals surface area (Å²) in [5.74, 6) is -0.264. The van der Waals surface area contributed by atoms with Crippen LogP contribution in [0.15, 0.2) is 55.6 Å². The van der Waals surface area contributed by atoms with Crippen LogP contribution in [-0.2, 0) is 14.9 Å². The molecular formula is C20H29NO2. The van der Waals surface area contributed by atoms with Gasteiger partial charge in [0.15, 0.2) is 0 Å². The van der Waals surface area contributed by atoms with E-state index in [1.165, 1.54) is 0 Å². The molecule has 126 valence electrons. The molecule has 3 nitrogen and oxygen atoms in total. The number of allylic oxidation sites excluding steroid dienone is 2. The Morgan fingerprint density at radius 2 is 1.65 bits per heavy atom. The molecule has 0 spiro atoms. The van der Waals surface area contributed by atoms with Gasteiger partial charge in [0, 0.05) is 5.54 Å². The van der Waals surface area contributed by atoms with E-state index >= 15 is 0 Å². The third-order valence-corrected chi connectivity index (χ3v) is 4.60. The van der Waals surface area contributed by atoms with E-state index in [2.05, 4.69) is 13.2 Å². The van der Waals surface area contributed by atoms with Gasteiger partial charge in [0.2, 0.25) is 0 Å². The second-order valence-corrected chi connectivity index (χ2v) is 6.08. The fraction of sp³-hybridized carbons (Fsp3) is 0.450. The largest absolute Gasteiger partial charge is 0.463 e. The van der Waals surface area contributed by atoms with Crippen molar-refractivity contribution in [1.82, 2.24) is 0 Å². The molecule has 0 saturated carbocycles. The highest BCUT2D eigenvalue weighted by atomic mass is 16.5. The Morgan fingerprint density at radius 3 is 2.09 bits per heavy atom. The highest BCUT2D eigenvalue weighted by Gasteiger charge is 2.40. The van der Waals surface area contributed by atoms with Gasteiger partial charge in [0.1, 0.15) is 6.61 Å². The molecule has 0 fully saturated rings. The molecular weight excluding hydrogens is 286 g/mol. The molecule has 0 atom stereocenters. The molecule has 1 aromatic rings. The number of rotatable bonds is 10. The lowest BCUT2D eigenvalue weighted by Gasteiger charge is -2.33. The first-order valence-corrected chi connectivity index (χ1v) is 8.21. The van der Waals surface area contributed by atoms with Gasteiger partial charge in [-0.25, -0.2) is 0 Å². The molecule has 0 saturated heterocycles. The van der Waals surface area contributed by atoms with Crippen LogP contribution in [0.2, 0.25) is 0 Å². The molecule has 0 aliphatic carbocycles. The summed E-state index contributed by atoms with van der Waals surface area (Å²) in [6.45, 7) is 11.9. The summed E-state index contributed by atoms with van der Waals surface area (Å²) < 4.78 is 5.65. The van der Waals surface area contributed by atoms with Crippen molar-refractivity contribution in [2.75, 3.05) is 6.61 Å². The highest BCUT2D eigenvalue weighted by molar-refractivity contribution is 5.84. The lowest BCUT2D eigenvalue weighted by atomic mass is 9.75. The number of carbonyl (C=O) groups excluding carboxylic acids is 1. The first kappa shape index (κ1) is 19.2. The molecule has 0 amide bonds. The van der Waals surface area contributed by atoms with E-state index in [4.69, 9.17) is 10.5 Å². The maximum Gasteiger partial charge on any atom is 0.317 e. The van der Waals surface area contributed by atoms with Gasteiger partial charge < -0.3 is 10.5 Å². The molecule has 2 N–H and O–H groups in total. The number of benzene rings is 1. The smallest absolute Gasteiger partial charge is 0.317 e. The van der Waals surface area contributed by atoms with Gasteiger partial charge in [0.25, 0.3) is 0 Å². The van der Waals surface area contributed by atoms with E-state index in [0.29, 0.717) is 12.8 Å². The molecule has 0 aliphatic rings. The second kappa shape index (κ2) is 8.68. The van der Waals surface area contributed by atoms with Crippen LogP contribution in [-0.4, -0.2) is 18.1 Å². The van der Waals surface area contributed by atoms with Crippen LogP contribution in [0.25, 0.3) is 0 Å². The second-order valence-electron chi connectivity index (χ2n) is 6.08. The molecule has 0 aromatic heterocycles. The van der Waals surface area contributed by atoms with Crippen molar-refractivity contribution in [3.63, 3.8) is 0 Å². The maximum atomic E-state index is 13.0. The standard InChI is InChI=1S/C20H29NO2/c1-5-14-20(15-6-2,17-12-10-9-11-13-17)18(22)23-16-19(21,7-3)8-4/h5-6,9-13H,1-2,7-8,14-16,21H2,3-4H3. The minimum absolute atomic E-state index is 0.224. The molecule has 0 bridgehead atoms. The summed E-state index contributed by atoms with van der Waals surface area (Å²) in [7, 11) is 0. The lowest BCUT2D eigenvalue weighted by Crippen LogP contribution is -2.46. The van der Waals surface area contributed by atoms with E-state index in [-0.39, 0.29) is 12.6 Å². The van der Waals surface area contributed by atoms with Gasteiger partial charge in [-0.15, -0.1) is 13.2 Å². The Morgan fingerprint density at radius 1 is 1.13 bits per heavy atom. The molecule has 3 heteroatoms. The van der Waals surface area contributed by atoms with Gasteiger partial charge >= 0.3 is 5.97 Å². The molecule has 0 heterocycles. The minimum atomic E-state index is -0.785. The zero-order valence-electron chi connectivity index (χ0n) is 14.4. The predicted molar refractivity (Wildman–Crippen MR) is 96.2 cm³/mol. The summed E-state index contributed by atoms with van der Waals surface area (Å²) >= 11 is 0. The summed E-state index contributed by atoms with van der Waals surface area (Å²) in [4.78, 5) is 13.0. The zero-order chi connectivity index (χ0) is 17.3. The van der Waals surface area contributed by atoms with Crippen LogP contribution in [0.3, 0.4) is 0 Å². The van der Waals surface area contributed by atoms with Crippen LogP contribution in [0, 0.1) is 0 Å². The van der Waals surface area contributed by atoms with E-state index in [1.807, 2.05) is 44.2 Å². The number of hydrogen-bond donors (Lipinski definition) is 1. The average Bonchev–Trinajstić information content (AvgIpc) is 2.59. The van der Waals surface area contributed by atoms with Crippen molar-refractivity contribution in [3.8, 4) is 0 Å². The number of carbonyl (C=O) groups is 1. The van der Waals surface area contributed by atoms with Crippen molar-refractivity contribution in [2.45, 2.75) is 50.5 Å². The van der Waals surface area contributed by atoms with E-state index in [0.717, 1.165) is 18.4 Å². The molecule has 1 rings (SSSR count). The quantitative estimate of drug-likeness (QED) is 0.521. The van der Waals surface area contributed by atoms with Crippen molar-refractivity contribution in [3.05, 3.63) is 61.2 Å². The Balaban J connectivity index is 3.11. The van der Waals surface area contributed by atoms with Gasteiger partial charge in [-0.05, 0) is 31.2 Å². The van der Waals surface area contributed by atoms with Crippen LogP contribution in [0.1, 0.15) is 45.1 Å². The van der Waals surface area contributed by atoms with E-state index in [1.54, 1.807) is 12.2 Å². The van der Waals surface area contributed by atoms with Gasteiger partial charge in [0.05, 0.1) is 5.41 Å². The highest BCUT2D eigenvalue weighted by Crippen LogP contribution is 2.34. The van der Waals surface area contributed by atoms with Crippen molar-refractivity contribution in [1.29, 1.82) is 0 Å². The molecule has 1 aromatic carbocycles. The number of ether oxygens (including phenoxy) is 1. The van der Waals surface area contributed by atoms with Gasteiger partial charge in [-0.3, -0.25) is 4.79 Å². The van der Waals surface area contributed by atoms with Crippen LogP contribution < -0.4 is 5.73 Å². The molecule has 0 unspecified atom stereocenters. The Labute approximate surface area is 140 Å². The summed E-state index contributed by atoms with van der Waals surface area (Å²) in [5, 5.41) is 0. The summed E-state index contributed by atoms with van der Waals surface area (Å²) in [6.07, 6.45) is 6.03. The average molecular weight is 315 g/mol. The number of nitrogens with two attached hydrogens (primary N) is 1. The molecule has 23 heavy (non-hydrogen) atoms. The first-order chi connectivity index (χ1) is 11.0. The molecule has 0 radical (unpaired) electrons. The zero-order valence-corrected chi connectivity index (χ0v) is 14.4. The van der Waals surface area contributed by atoms with Crippen LogP contribution in [0.5, 0.6) is 0 Å². The van der Waals surface area contributed by atoms with E-state index in [9.17, 15) is 4.79 Å². The molecule has 0 aliphatic heterocycles.